The molecule has 0 radical (unpaired) electrons. The van der Waals surface area contributed by atoms with Crippen molar-refractivity contribution in [1.29, 1.82) is 0 Å². The number of aromatic nitrogens is 4. The van der Waals surface area contributed by atoms with Crippen molar-refractivity contribution in [2.24, 2.45) is 7.05 Å². The van der Waals surface area contributed by atoms with E-state index in [0.29, 0.717) is 10.3 Å². The molecule has 2 rings (SSSR count). The molecule has 0 spiro atoms. The van der Waals surface area contributed by atoms with Crippen molar-refractivity contribution in [3.63, 3.8) is 0 Å². The number of ether oxygens (including phenoxy) is 1. The SMILES string of the molecule is COC(=O)Cc1cnc(NC(=O)CSc2nncn2C)s1. The lowest BCUT2D eigenvalue weighted by Crippen LogP contribution is -2.14. The first-order chi connectivity index (χ1) is 10.1. The molecule has 0 aliphatic rings. The molecule has 2 aromatic heterocycles. The zero-order valence-corrected chi connectivity index (χ0v) is 13.0. The summed E-state index contributed by atoms with van der Waals surface area (Å²) in [6.45, 7) is 0. The molecule has 0 saturated heterocycles. The summed E-state index contributed by atoms with van der Waals surface area (Å²) in [6, 6.07) is 0. The minimum atomic E-state index is -0.339. The van der Waals surface area contributed by atoms with E-state index in [9.17, 15) is 9.59 Å². The number of carbonyl (C=O) groups excluding carboxylic acids is 2. The molecule has 2 aromatic rings. The van der Waals surface area contributed by atoms with E-state index in [1.807, 2.05) is 0 Å². The number of carbonyl (C=O) groups is 2. The first-order valence-corrected chi connectivity index (χ1v) is 7.67. The molecule has 10 heteroatoms. The molecule has 0 atom stereocenters. The maximum atomic E-state index is 11.8. The number of rotatable bonds is 6. The quantitative estimate of drug-likeness (QED) is 0.616. The number of esters is 1. The van der Waals surface area contributed by atoms with Gasteiger partial charge in [0.05, 0.1) is 19.3 Å². The largest absolute Gasteiger partial charge is 0.469 e. The van der Waals surface area contributed by atoms with Crippen molar-refractivity contribution in [3.05, 3.63) is 17.4 Å². The molecule has 1 N–H and O–H groups in total. The lowest BCUT2D eigenvalue weighted by Gasteiger charge is -2.01. The van der Waals surface area contributed by atoms with E-state index < -0.39 is 0 Å². The van der Waals surface area contributed by atoms with Crippen LogP contribution in [0.15, 0.2) is 17.7 Å². The van der Waals surface area contributed by atoms with Crippen molar-refractivity contribution in [3.8, 4) is 0 Å². The molecule has 21 heavy (non-hydrogen) atoms. The van der Waals surface area contributed by atoms with E-state index in [1.54, 1.807) is 24.1 Å². The number of hydrogen-bond donors (Lipinski definition) is 1. The smallest absolute Gasteiger partial charge is 0.310 e. The molecule has 0 aromatic carbocycles. The van der Waals surface area contributed by atoms with E-state index in [2.05, 4.69) is 25.2 Å². The number of nitrogens with one attached hydrogen (secondary N) is 1. The Morgan fingerprint density at radius 2 is 2.33 bits per heavy atom. The lowest BCUT2D eigenvalue weighted by molar-refractivity contribution is -0.139. The summed E-state index contributed by atoms with van der Waals surface area (Å²) >= 11 is 2.53. The highest BCUT2D eigenvalue weighted by atomic mass is 32.2. The number of methoxy groups -OCH3 is 1. The molecule has 0 fully saturated rings. The lowest BCUT2D eigenvalue weighted by atomic mass is 10.4. The third-order valence-electron chi connectivity index (χ3n) is 2.35. The van der Waals surface area contributed by atoms with Gasteiger partial charge in [-0.3, -0.25) is 9.59 Å². The number of hydrogen-bond acceptors (Lipinski definition) is 8. The molecule has 8 nitrogen and oxygen atoms in total. The van der Waals surface area contributed by atoms with Gasteiger partial charge < -0.3 is 14.6 Å². The summed E-state index contributed by atoms with van der Waals surface area (Å²) in [4.78, 5) is 27.7. The normalized spacial score (nSPS) is 10.4. The first kappa shape index (κ1) is 15.4. The molecule has 0 bridgehead atoms. The van der Waals surface area contributed by atoms with Crippen LogP contribution in [0.25, 0.3) is 0 Å². The van der Waals surface area contributed by atoms with Crippen molar-refractivity contribution >= 4 is 40.1 Å². The van der Waals surface area contributed by atoms with E-state index in [0.717, 1.165) is 4.88 Å². The van der Waals surface area contributed by atoms with Crippen LogP contribution in [0.3, 0.4) is 0 Å². The van der Waals surface area contributed by atoms with Gasteiger partial charge in [0.1, 0.15) is 6.33 Å². The van der Waals surface area contributed by atoms with Gasteiger partial charge >= 0.3 is 5.97 Å². The van der Waals surface area contributed by atoms with Gasteiger partial charge in [0, 0.05) is 18.1 Å². The standard InChI is InChI=1S/C11H13N5O3S2/c1-16-6-13-15-11(16)20-5-8(17)14-10-12-4-7(21-10)3-9(18)19-2/h4,6H,3,5H2,1-2H3,(H,12,14,17). The van der Waals surface area contributed by atoms with Crippen LogP contribution < -0.4 is 5.32 Å². The molecule has 0 aliphatic carbocycles. The van der Waals surface area contributed by atoms with Crippen molar-refractivity contribution in [2.45, 2.75) is 11.6 Å². The Balaban J connectivity index is 1.82. The summed E-state index contributed by atoms with van der Waals surface area (Å²) in [7, 11) is 3.13. The van der Waals surface area contributed by atoms with Gasteiger partial charge in [-0.25, -0.2) is 4.98 Å². The van der Waals surface area contributed by atoms with Crippen LogP contribution in [-0.2, 0) is 27.8 Å². The Morgan fingerprint density at radius 3 is 3.00 bits per heavy atom. The number of thiazole rings is 1. The monoisotopic (exact) mass is 327 g/mol. The van der Waals surface area contributed by atoms with Crippen molar-refractivity contribution in [1.82, 2.24) is 19.7 Å². The Labute approximate surface area is 128 Å². The average molecular weight is 327 g/mol. The van der Waals surface area contributed by atoms with Gasteiger partial charge in [-0.05, 0) is 0 Å². The van der Waals surface area contributed by atoms with Gasteiger partial charge in [-0.1, -0.05) is 11.8 Å². The van der Waals surface area contributed by atoms with Gasteiger partial charge in [0.2, 0.25) is 5.91 Å². The van der Waals surface area contributed by atoms with Gasteiger partial charge in [-0.15, -0.1) is 21.5 Å². The average Bonchev–Trinajstić information content (AvgIpc) is 3.05. The third-order valence-corrected chi connectivity index (χ3v) is 4.30. The second-order valence-corrected chi connectivity index (χ2v) is 6.00. The predicted molar refractivity (Wildman–Crippen MR) is 78.2 cm³/mol. The van der Waals surface area contributed by atoms with Crippen molar-refractivity contribution in [2.75, 3.05) is 18.2 Å². The van der Waals surface area contributed by atoms with Crippen molar-refractivity contribution < 1.29 is 14.3 Å². The van der Waals surface area contributed by atoms with E-state index >= 15 is 0 Å². The van der Waals surface area contributed by atoms with E-state index in [1.165, 1.54) is 30.2 Å². The zero-order valence-electron chi connectivity index (χ0n) is 11.4. The van der Waals surface area contributed by atoms with Crippen LogP contribution in [0.4, 0.5) is 5.13 Å². The predicted octanol–water partition coefficient (Wildman–Crippen LogP) is 0.718. The Hall–Kier alpha value is -1.94. The second-order valence-electron chi connectivity index (χ2n) is 3.95. The molecule has 1 amide bonds. The number of nitrogens with zero attached hydrogens (tertiary/aromatic N) is 4. The van der Waals surface area contributed by atoms with Crippen LogP contribution in [0, 0.1) is 0 Å². The van der Waals surface area contributed by atoms with Gasteiger partial charge in [-0.2, -0.15) is 0 Å². The van der Waals surface area contributed by atoms with E-state index in [-0.39, 0.29) is 24.1 Å². The van der Waals surface area contributed by atoms with E-state index in [4.69, 9.17) is 0 Å². The molecule has 0 unspecified atom stereocenters. The zero-order chi connectivity index (χ0) is 15.2. The molecule has 112 valence electrons. The van der Waals surface area contributed by atoms with Crippen LogP contribution in [0.5, 0.6) is 0 Å². The molecular formula is C11H13N5O3S2. The topological polar surface area (TPSA) is 99.0 Å². The Bertz CT molecular complexity index is 639. The van der Waals surface area contributed by atoms with Crippen LogP contribution in [0.1, 0.15) is 4.88 Å². The van der Waals surface area contributed by atoms with Gasteiger partial charge in [0.15, 0.2) is 10.3 Å². The summed E-state index contributed by atoms with van der Waals surface area (Å²) in [5.74, 6) is -0.324. The highest BCUT2D eigenvalue weighted by Gasteiger charge is 2.11. The number of anilines is 1. The Kier molecular flexibility index (Phi) is 5.28. The fraction of sp³-hybridized carbons (Fsp3) is 0.364. The molecular weight excluding hydrogens is 314 g/mol. The third kappa shape index (κ3) is 4.53. The Morgan fingerprint density at radius 1 is 1.52 bits per heavy atom. The number of aryl methyl sites for hydroxylation is 1. The molecule has 2 heterocycles. The number of thioether (sulfide) groups is 1. The minimum absolute atomic E-state index is 0.151. The highest BCUT2D eigenvalue weighted by Crippen LogP contribution is 2.20. The maximum absolute atomic E-state index is 11.8. The fourth-order valence-corrected chi connectivity index (χ4v) is 2.85. The minimum Gasteiger partial charge on any atom is -0.469 e. The van der Waals surface area contributed by atoms with Crippen LogP contribution in [0.2, 0.25) is 0 Å². The highest BCUT2D eigenvalue weighted by molar-refractivity contribution is 7.99. The van der Waals surface area contributed by atoms with Crippen LogP contribution in [-0.4, -0.2) is 44.5 Å². The van der Waals surface area contributed by atoms with Gasteiger partial charge in [0.25, 0.3) is 0 Å². The number of amides is 1. The summed E-state index contributed by atoms with van der Waals surface area (Å²) in [5.41, 5.74) is 0. The molecule has 0 saturated carbocycles. The summed E-state index contributed by atoms with van der Waals surface area (Å²) in [5, 5.41) is 11.4. The first-order valence-electron chi connectivity index (χ1n) is 5.86. The fourth-order valence-electron chi connectivity index (χ4n) is 1.35. The summed E-state index contributed by atoms with van der Waals surface area (Å²) < 4.78 is 6.30. The summed E-state index contributed by atoms with van der Waals surface area (Å²) in [6.07, 6.45) is 3.27. The second kappa shape index (κ2) is 7.18. The van der Waals surface area contributed by atoms with Crippen LogP contribution >= 0.6 is 23.1 Å². The maximum Gasteiger partial charge on any atom is 0.310 e. The molecule has 0 aliphatic heterocycles.